The first-order chi connectivity index (χ1) is 9.27. The highest BCUT2D eigenvalue weighted by Gasteiger charge is 2.27. The lowest BCUT2D eigenvalue weighted by molar-refractivity contribution is -0.386. The van der Waals surface area contributed by atoms with Crippen LogP contribution >= 0.6 is 0 Å². The van der Waals surface area contributed by atoms with E-state index in [1.807, 2.05) is 0 Å². The molecule has 7 heteroatoms. The smallest absolute Gasteiger partial charge is 0.314 e. The van der Waals surface area contributed by atoms with Crippen molar-refractivity contribution in [1.29, 1.82) is 0 Å². The Balaban J connectivity index is 2.78. The van der Waals surface area contributed by atoms with Gasteiger partial charge in [0.2, 0.25) is 0 Å². The highest BCUT2D eigenvalue weighted by Crippen LogP contribution is 2.31. The Hall–Kier alpha value is -2.31. The van der Waals surface area contributed by atoms with Crippen molar-refractivity contribution in [2.24, 2.45) is 5.41 Å². The van der Waals surface area contributed by atoms with E-state index < -0.39 is 16.3 Å². The van der Waals surface area contributed by atoms with E-state index in [0.29, 0.717) is 5.75 Å². The van der Waals surface area contributed by atoms with Gasteiger partial charge >= 0.3 is 11.7 Å². The number of carboxylic acids is 1. The number of rotatable bonds is 7. The number of nitro groups is 1. The van der Waals surface area contributed by atoms with E-state index in [9.17, 15) is 14.9 Å². The maximum absolute atomic E-state index is 10.9. The van der Waals surface area contributed by atoms with E-state index in [-0.39, 0.29) is 24.5 Å². The first-order valence-corrected chi connectivity index (χ1v) is 5.96. The van der Waals surface area contributed by atoms with Crippen LogP contribution in [0.5, 0.6) is 11.5 Å². The van der Waals surface area contributed by atoms with Crippen molar-refractivity contribution in [3.05, 3.63) is 28.3 Å². The van der Waals surface area contributed by atoms with Crippen LogP contribution in [0.2, 0.25) is 0 Å². The number of methoxy groups -OCH3 is 1. The molecule has 0 aliphatic rings. The van der Waals surface area contributed by atoms with Gasteiger partial charge in [-0.25, -0.2) is 0 Å². The van der Waals surface area contributed by atoms with Crippen molar-refractivity contribution < 1.29 is 24.3 Å². The maximum atomic E-state index is 10.9. The van der Waals surface area contributed by atoms with E-state index in [1.165, 1.54) is 19.2 Å². The van der Waals surface area contributed by atoms with E-state index in [0.717, 1.165) is 0 Å². The third-order valence-electron chi connectivity index (χ3n) is 2.93. The lowest BCUT2D eigenvalue weighted by Gasteiger charge is -2.18. The standard InChI is InChI=1S/C13H17NO6/c1-13(2,12(15)16)6-7-20-11-5-4-9(19-3)8-10(11)14(17)18/h4-5,8H,6-7H2,1-3H3,(H,15,16). The number of aliphatic carboxylic acids is 1. The monoisotopic (exact) mass is 283 g/mol. The molecule has 0 aliphatic carbocycles. The summed E-state index contributed by atoms with van der Waals surface area (Å²) < 4.78 is 10.2. The third-order valence-corrected chi connectivity index (χ3v) is 2.93. The summed E-state index contributed by atoms with van der Waals surface area (Å²) in [5, 5.41) is 19.9. The fourth-order valence-corrected chi connectivity index (χ4v) is 1.41. The van der Waals surface area contributed by atoms with Gasteiger partial charge in [-0.3, -0.25) is 14.9 Å². The summed E-state index contributed by atoms with van der Waals surface area (Å²) in [5.41, 5.74) is -1.15. The molecule has 7 nitrogen and oxygen atoms in total. The van der Waals surface area contributed by atoms with Crippen LogP contribution in [0.3, 0.4) is 0 Å². The summed E-state index contributed by atoms with van der Waals surface area (Å²) in [6, 6.07) is 4.24. The Morgan fingerprint density at radius 3 is 2.60 bits per heavy atom. The number of ether oxygens (including phenoxy) is 2. The molecule has 0 fully saturated rings. The van der Waals surface area contributed by atoms with Crippen molar-refractivity contribution in [3.63, 3.8) is 0 Å². The van der Waals surface area contributed by atoms with Crippen LogP contribution in [0.4, 0.5) is 5.69 Å². The van der Waals surface area contributed by atoms with Crippen LogP contribution in [0.25, 0.3) is 0 Å². The zero-order chi connectivity index (χ0) is 15.3. The van der Waals surface area contributed by atoms with Gasteiger partial charge in [-0.1, -0.05) is 0 Å². The molecule has 0 saturated carbocycles. The molecule has 0 bridgehead atoms. The van der Waals surface area contributed by atoms with Crippen LogP contribution in [0.15, 0.2) is 18.2 Å². The van der Waals surface area contributed by atoms with Crippen molar-refractivity contribution in [2.75, 3.05) is 13.7 Å². The number of nitrogens with zero attached hydrogens (tertiary/aromatic N) is 1. The fraction of sp³-hybridized carbons (Fsp3) is 0.462. The van der Waals surface area contributed by atoms with Gasteiger partial charge in [0.15, 0.2) is 5.75 Å². The second-order valence-corrected chi connectivity index (χ2v) is 4.88. The Morgan fingerprint density at radius 1 is 1.45 bits per heavy atom. The van der Waals surface area contributed by atoms with E-state index in [1.54, 1.807) is 19.9 Å². The summed E-state index contributed by atoms with van der Waals surface area (Å²) in [6.07, 6.45) is 0.242. The van der Waals surface area contributed by atoms with Crippen LogP contribution < -0.4 is 9.47 Å². The Bertz CT molecular complexity index is 512. The maximum Gasteiger partial charge on any atom is 0.314 e. The van der Waals surface area contributed by atoms with Crippen LogP contribution in [0.1, 0.15) is 20.3 Å². The topological polar surface area (TPSA) is 98.9 Å². The zero-order valence-electron chi connectivity index (χ0n) is 11.6. The number of carbonyl (C=O) groups is 1. The van der Waals surface area contributed by atoms with Gasteiger partial charge < -0.3 is 14.6 Å². The predicted octanol–water partition coefficient (Wildman–Crippen LogP) is 2.48. The minimum Gasteiger partial charge on any atom is -0.496 e. The third kappa shape index (κ3) is 3.84. The molecule has 110 valence electrons. The van der Waals surface area contributed by atoms with E-state index >= 15 is 0 Å². The molecule has 1 aromatic rings. The van der Waals surface area contributed by atoms with Crippen LogP contribution in [-0.4, -0.2) is 29.7 Å². The minimum absolute atomic E-state index is 0.0759. The molecule has 1 rings (SSSR count). The molecule has 0 spiro atoms. The summed E-state index contributed by atoms with van der Waals surface area (Å²) in [7, 11) is 1.41. The summed E-state index contributed by atoms with van der Waals surface area (Å²) in [6.45, 7) is 3.22. The molecule has 20 heavy (non-hydrogen) atoms. The molecule has 0 radical (unpaired) electrons. The largest absolute Gasteiger partial charge is 0.496 e. The second-order valence-electron chi connectivity index (χ2n) is 4.88. The molecule has 0 heterocycles. The lowest BCUT2D eigenvalue weighted by atomic mass is 9.90. The van der Waals surface area contributed by atoms with Gasteiger partial charge in [0.05, 0.1) is 30.1 Å². The predicted molar refractivity (Wildman–Crippen MR) is 71.2 cm³/mol. The second kappa shape index (κ2) is 6.23. The Morgan fingerprint density at radius 2 is 2.10 bits per heavy atom. The van der Waals surface area contributed by atoms with Crippen molar-refractivity contribution in [2.45, 2.75) is 20.3 Å². The molecule has 1 aromatic carbocycles. The highest BCUT2D eigenvalue weighted by molar-refractivity contribution is 5.73. The molecule has 0 unspecified atom stereocenters. The molecule has 0 atom stereocenters. The SMILES string of the molecule is COc1ccc(OCCC(C)(C)C(=O)O)c([N+](=O)[O-])c1. The minimum atomic E-state index is -0.943. The zero-order valence-corrected chi connectivity index (χ0v) is 11.6. The number of hydrogen-bond acceptors (Lipinski definition) is 5. The number of nitro benzene ring substituents is 1. The average molecular weight is 283 g/mol. The normalized spacial score (nSPS) is 10.9. The Labute approximate surface area is 116 Å². The van der Waals surface area contributed by atoms with Crippen molar-refractivity contribution in [1.82, 2.24) is 0 Å². The number of hydrogen-bond donors (Lipinski definition) is 1. The molecule has 0 aliphatic heterocycles. The fourth-order valence-electron chi connectivity index (χ4n) is 1.41. The van der Waals surface area contributed by atoms with Gasteiger partial charge in [-0.05, 0) is 32.4 Å². The molecule has 0 saturated heterocycles. The van der Waals surface area contributed by atoms with Gasteiger partial charge in [-0.2, -0.15) is 0 Å². The Kier molecular flexibility index (Phi) is 4.90. The van der Waals surface area contributed by atoms with E-state index in [4.69, 9.17) is 14.6 Å². The van der Waals surface area contributed by atoms with Crippen molar-refractivity contribution in [3.8, 4) is 11.5 Å². The summed E-state index contributed by atoms with van der Waals surface area (Å²) in [4.78, 5) is 21.3. The molecule has 1 N–H and O–H groups in total. The van der Waals surface area contributed by atoms with Gasteiger partial charge in [0.25, 0.3) is 0 Å². The van der Waals surface area contributed by atoms with Gasteiger partial charge in [0.1, 0.15) is 5.75 Å². The molecular weight excluding hydrogens is 266 g/mol. The highest BCUT2D eigenvalue weighted by atomic mass is 16.6. The summed E-state index contributed by atoms with van der Waals surface area (Å²) in [5.74, 6) is -0.489. The van der Waals surface area contributed by atoms with E-state index in [2.05, 4.69) is 0 Å². The summed E-state index contributed by atoms with van der Waals surface area (Å²) >= 11 is 0. The number of benzene rings is 1. The quantitative estimate of drug-likeness (QED) is 0.609. The first-order valence-electron chi connectivity index (χ1n) is 5.96. The van der Waals surface area contributed by atoms with Crippen LogP contribution in [0, 0.1) is 15.5 Å². The van der Waals surface area contributed by atoms with Gasteiger partial charge in [-0.15, -0.1) is 0 Å². The van der Waals surface area contributed by atoms with Crippen LogP contribution in [-0.2, 0) is 4.79 Å². The molecular formula is C13H17NO6. The molecule has 0 amide bonds. The van der Waals surface area contributed by atoms with Crippen molar-refractivity contribution >= 4 is 11.7 Å². The first kappa shape index (κ1) is 15.7. The van der Waals surface area contributed by atoms with Gasteiger partial charge in [0, 0.05) is 0 Å². The lowest BCUT2D eigenvalue weighted by Crippen LogP contribution is -2.25. The average Bonchev–Trinajstić information content (AvgIpc) is 2.38. The molecule has 0 aromatic heterocycles. The number of carboxylic acid groups (broad SMARTS) is 1.